The van der Waals surface area contributed by atoms with Gasteiger partial charge in [0.1, 0.15) is 5.75 Å². The Morgan fingerprint density at radius 1 is 1.10 bits per heavy atom. The summed E-state index contributed by atoms with van der Waals surface area (Å²) in [4.78, 5) is 28.3. The number of hydrogen-bond acceptors (Lipinski definition) is 3. The Morgan fingerprint density at radius 2 is 1.80 bits per heavy atom. The van der Waals surface area contributed by atoms with E-state index in [1.807, 2.05) is 0 Å². The molecule has 30 heavy (non-hydrogen) atoms. The molecule has 2 aromatic rings. The van der Waals surface area contributed by atoms with Crippen molar-refractivity contribution in [2.45, 2.75) is 12.2 Å². The average molecular weight is 417 g/mol. The van der Waals surface area contributed by atoms with Gasteiger partial charge in [0.2, 0.25) is 0 Å². The molecule has 0 saturated carbocycles. The predicted molar refractivity (Wildman–Crippen MR) is 103 cm³/mol. The summed E-state index contributed by atoms with van der Waals surface area (Å²) >= 11 is 0. The van der Waals surface area contributed by atoms with Crippen LogP contribution in [-0.2, 0) is 11.0 Å². The summed E-state index contributed by atoms with van der Waals surface area (Å²) in [6, 6.07) is 10.4. The van der Waals surface area contributed by atoms with Crippen LogP contribution in [0.4, 0.5) is 23.7 Å². The Balaban J connectivity index is 1.72. The molecule has 3 amide bonds. The Kier molecular flexibility index (Phi) is 4.68. The van der Waals surface area contributed by atoms with Crippen molar-refractivity contribution in [3.63, 3.8) is 0 Å². The zero-order valence-corrected chi connectivity index (χ0v) is 16.2. The molecule has 2 heterocycles. The molecular weight excluding hydrogens is 399 g/mol. The summed E-state index contributed by atoms with van der Waals surface area (Å²) in [6.07, 6.45) is -4.52. The fraction of sp³-hybridized carbons (Fsp3) is 0.238. The van der Waals surface area contributed by atoms with Crippen LogP contribution >= 0.6 is 0 Å². The maximum Gasteiger partial charge on any atom is 0.416 e. The maximum absolute atomic E-state index is 13.2. The maximum atomic E-state index is 13.2. The molecule has 4 rings (SSSR count). The van der Waals surface area contributed by atoms with Crippen molar-refractivity contribution in [2.24, 2.45) is 0 Å². The SMILES string of the molecule is COc1ccc([C@H]2NC(=O)N(C)C3=C2C(=O)N(c2cccc(C(F)(F)F)c2)C3)cc1. The number of nitrogens with one attached hydrogen (secondary N) is 1. The van der Waals surface area contributed by atoms with Gasteiger partial charge in [-0.25, -0.2) is 4.79 Å². The smallest absolute Gasteiger partial charge is 0.416 e. The van der Waals surface area contributed by atoms with Crippen LogP contribution in [0.5, 0.6) is 5.75 Å². The summed E-state index contributed by atoms with van der Waals surface area (Å²) in [6.45, 7) is 0.00600. The Morgan fingerprint density at radius 3 is 2.43 bits per heavy atom. The highest BCUT2D eigenvalue weighted by Crippen LogP contribution is 2.39. The largest absolute Gasteiger partial charge is 0.497 e. The summed E-state index contributed by atoms with van der Waals surface area (Å²) in [5.41, 5.74) is 0.746. The van der Waals surface area contributed by atoms with Crippen molar-refractivity contribution in [3.8, 4) is 5.75 Å². The molecule has 156 valence electrons. The third-order valence-corrected chi connectivity index (χ3v) is 5.29. The van der Waals surface area contributed by atoms with Crippen molar-refractivity contribution in [2.75, 3.05) is 25.6 Å². The Labute approximate surface area is 170 Å². The summed E-state index contributed by atoms with van der Waals surface area (Å²) < 4.78 is 44.5. The second-order valence-corrected chi connectivity index (χ2v) is 7.01. The van der Waals surface area contributed by atoms with E-state index in [9.17, 15) is 22.8 Å². The summed E-state index contributed by atoms with van der Waals surface area (Å²) in [5, 5.41) is 2.79. The molecule has 2 aromatic carbocycles. The molecule has 9 heteroatoms. The van der Waals surface area contributed by atoms with Gasteiger partial charge in [0, 0.05) is 12.7 Å². The number of hydrogen-bond donors (Lipinski definition) is 1. The number of carbonyl (C=O) groups is 2. The number of ether oxygens (including phenoxy) is 1. The van der Waals surface area contributed by atoms with Crippen LogP contribution in [0.2, 0.25) is 0 Å². The van der Waals surface area contributed by atoms with E-state index >= 15 is 0 Å². The number of alkyl halides is 3. The third-order valence-electron chi connectivity index (χ3n) is 5.29. The van der Waals surface area contributed by atoms with E-state index in [2.05, 4.69) is 5.32 Å². The zero-order chi connectivity index (χ0) is 21.6. The van der Waals surface area contributed by atoms with Crippen LogP contribution in [0, 0.1) is 0 Å². The lowest BCUT2D eigenvalue weighted by molar-refractivity contribution is -0.137. The van der Waals surface area contributed by atoms with Crippen molar-refractivity contribution in [3.05, 3.63) is 70.9 Å². The predicted octanol–water partition coefficient (Wildman–Crippen LogP) is 3.71. The molecule has 1 N–H and O–H groups in total. The lowest BCUT2D eigenvalue weighted by Gasteiger charge is -2.31. The quantitative estimate of drug-likeness (QED) is 0.828. The molecule has 2 aliphatic heterocycles. The molecule has 0 radical (unpaired) electrons. The molecular formula is C21H18F3N3O3. The molecule has 1 atom stereocenters. The second-order valence-electron chi connectivity index (χ2n) is 7.01. The van der Waals surface area contributed by atoms with Gasteiger partial charge in [0.05, 0.1) is 36.5 Å². The van der Waals surface area contributed by atoms with Crippen LogP contribution < -0.4 is 15.0 Å². The van der Waals surface area contributed by atoms with E-state index < -0.39 is 29.7 Å². The van der Waals surface area contributed by atoms with E-state index in [1.54, 1.807) is 24.3 Å². The van der Waals surface area contributed by atoms with Crippen molar-refractivity contribution < 1.29 is 27.5 Å². The van der Waals surface area contributed by atoms with Crippen LogP contribution in [-0.4, -0.2) is 37.5 Å². The number of urea groups is 1. The number of amides is 3. The lowest BCUT2D eigenvalue weighted by atomic mass is 9.95. The first kappa shape index (κ1) is 19.8. The van der Waals surface area contributed by atoms with E-state index in [0.717, 1.165) is 12.1 Å². The van der Waals surface area contributed by atoms with Crippen molar-refractivity contribution in [1.82, 2.24) is 10.2 Å². The van der Waals surface area contributed by atoms with E-state index in [4.69, 9.17) is 4.74 Å². The van der Waals surface area contributed by atoms with Gasteiger partial charge in [-0.1, -0.05) is 18.2 Å². The molecule has 6 nitrogen and oxygen atoms in total. The van der Waals surface area contributed by atoms with Crippen LogP contribution in [0.15, 0.2) is 59.8 Å². The van der Waals surface area contributed by atoms with Crippen LogP contribution in [0.3, 0.4) is 0 Å². The lowest BCUT2D eigenvalue weighted by Crippen LogP contribution is -2.45. The van der Waals surface area contributed by atoms with E-state index in [0.29, 0.717) is 22.6 Å². The molecule has 0 aliphatic carbocycles. The van der Waals surface area contributed by atoms with Crippen molar-refractivity contribution >= 4 is 17.6 Å². The molecule has 0 unspecified atom stereocenters. The number of rotatable bonds is 3. The van der Waals surface area contributed by atoms with E-state index in [-0.39, 0.29) is 12.2 Å². The topological polar surface area (TPSA) is 61.9 Å². The summed E-state index contributed by atoms with van der Waals surface area (Å²) in [7, 11) is 3.05. The number of likely N-dealkylation sites (N-methyl/N-ethyl adjacent to an activating group) is 1. The number of nitrogens with zero attached hydrogens (tertiary/aromatic N) is 2. The molecule has 0 spiro atoms. The third kappa shape index (κ3) is 3.26. The first-order valence-corrected chi connectivity index (χ1v) is 9.11. The number of methoxy groups -OCH3 is 1. The van der Waals surface area contributed by atoms with Gasteiger partial charge in [0.25, 0.3) is 5.91 Å². The van der Waals surface area contributed by atoms with Crippen LogP contribution in [0.1, 0.15) is 17.2 Å². The number of halogens is 3. The van der Waals surface area contributed by atoms with Crippen molar-refractivity contribution in [1.29, 1.82) is 0 Å². The molecule has 2 aliphatic rings. The van der Waals surface area contributed by atoms with Gasteiger partial charge in [-0.15, -0.1) is 0 Å². The highest BCUT2D eigenvalue weighted by Gasteiger charge is 2.43. The number of anilines is 1. The molecule has 0 bridgehead atoms. The van der Waals surface area contributed by atoms with Gasteiger partial charge in [-0.05, 0) is 35.9 Å². The number of carbonyl (C=O) groups excluding carboxylic acids is 2. The zero-order valence-electron chi connectivity index (χ0n) is 16.2. The van der Waals surface area contributed by atoms with Gasteiger partial charge < -0.3 is 15.0 Å². The minimum Gasteiger partial charge on any atom is -0.497 e. The van der Waals surface area contributed by atoms with Gasteiger partial charge in [0.15, 0.2) is 0 Å². The molecule has 0 fully saturated rings. The van der Waals surface area contributed by atoms with Gasteiger partial charge >= 0.3 is 12.2 Å². The fourth-order valence-electron chi connectivity index (χ4n) is 3.67. The van der Waals surface area contributed by atoms with Gasteiger partial charge in [-0.3, -0.25) is 9.69 Å². The first-order chi connectivity index (χ1) is 14.2. The second kappa shape index (κ2) is 7.08. The highest BCUT2D eigenvalue weighted by atomic mass is 19.4. The molecule has 0 saturated heterocycles. The Hall–Kier alpha value is -3.49. The standard InChI is InChI=1S/C21H18F3N3O3/c1-26-16-11-27(14-5-3-4-13(10-14)21(22,23)24)19(28)17(16)18(25-20(26)29)12-6-8-15(30-2)9-7-12/h3-10,18H,11H2,1-2H3,(H,25,29)/t18-/m1/s1. The average Bonchev–Trinajstić information content (AvgIpc) is 3.08. The minimum atomic E-state index is -4.52. The first-order valence-electron chi connectivity index (χ1n) is 9.11. The summed E-state index contributed by atoms with van der Waals surface area (Å²) in [5.74, 6) is 0.174. The number of benzene rings is 2. The fourth-order valence-corrected chi connectivity index (χ4v) is 3.67. The Bertz CT molecular complexity index is 1050. The van der Waals surface area contributed by atoms with Gasteiger partial charge in [-0.2, -0.15) is 13.2 Å². The normalized spacial score (nSPS) is 19.2. The monoisotopic (exact) mass is 417 g/mol. The molecule has 0 aromatic heterocycles. The minimum absolute atomic E-state index is 0.00600. The van der Waals surface area contributed by atoms with E-state index in [1.165, 1.54) is 36.1 Å². The van der Waals surface area contributed by atoms with Crippen LogP contribution in [0.25, 0.3) is 0 Å². The highest BCUT2D eigenvalue weighted by molar-refractivity contribution is 6.11.